The zero-order chi connectivity index (χ0) is 22.9. The summed E-state index contributed by atoms with van der Waals surface area (Å²) in [5.41, 5.74) is 0.591. The van der Waals surface area contributed by atoms with Gasteiger partial charge in [0.05, 0.1) is 18.1 Å². The summed E-state index contributed by atoms with van der Waals surface area (Å²) < 4.78 is 49.5. The first-order chi connectivity index (χ1) is 15.9. The van der Waals surface area contributed by atoms with Crippen molar-refractivity contribution in [1.29, 1.82) is 0 Å². The maximum atomic E-state index is 12.7. The average molecular weight is 475 g/mol. The number of sulfonamides is 1. The summed E-state index contributed by atoms with van der Waals surface area (Å²) in [5.74, 6) is 0.843. The molecule has 2 fully saturated rings. The smallest absolute Gasteiger partial charge is 0.262 e. The number of nitrogens with one attached hydrogen (secondary N) is 1. The van der Waals surface area contributed by atoms with Crippen molar-refractivity contribution in [3.8, 4) is 17.2 Å². The van der Waals surface area contributed by atoms with E-state index in [2.05, 4.69) is 5.32 Å². The molecular formula is C23H26N2O7S. The second-order valence-corrected chi connectivity index (χ2v) is 10.2. The van der Waals surface area contributed by atoms with Crippen molar-refractivity contribution < 1.29 is 32.2 Å². The van der Waals surface area contributed by atoms with Crippen LogP contribution in [0.5, 0.6) is 17.2 Å². The molecule has 1 N–H and O–H groups in total. The summed E-state index contributed by atoms with van der Waals surface area (Å²) in [6, 6.07) is 11.4. The molecule has 2 aromatic carbocycles. The van der Waals surface area contributed by atoms with Gasteiger partial charge in [-0.3, -0.25) is 4.79 Å². The molecule has 33 heavy (non-hydrogen) atoms. The molecule has 2 aromatic rings. The average Bonchev–Trinajstić information content (AvgIpc) is 3.44. The summed E-state index contributed by atoms with van der Waals surface area (Å²) in [6.45, 7) is 1.23. The fourth-order valence-electron chi connectivity index (χ4n) is 4.28. The van der Waals surface area contributed by atoms with E-state index in [9.17, 15) is 13.2 Å². The molecule has 1 saturated carbocycles. The SMILES string of the molecule is O=C(COc1ccc(S(=O)(=O)N2CCOCC2)cc1)Nc1ccc2c(c1)OC1(CCCC1)O2. The maximum Gasteiger partial charge on any atom is 0.262 e. The fourth-order valence-corrected chi connectivity index (χ4v) is 5.69. The van der Waals surface area contributed by atoms with Crippen LogP contribution in [-0.4, -0.2) is 57.3 Å². The van der Waals surface area contributed by atoms with E-state index in [1.54, 1.807) is 30.3 Å². The zero-order valence-electron chi connectivity index (χ0n) is 18.1. The number of morpholine rings is 1. The molecule has 0 unspecified atom stereocenters. The normalized spacial score (nSPS) is 19.5. The van der Waals surface area contributed by atoms with Gasteiger partial charge in [-0.25, -0.2) is 8.42 Å². The number of fused-ring (bicyclic) bond motifs is 1. The number of amides is 1. The summed E-state index contributed by atoms with van der Waals surface area (Å²) in [4.78, 5) is 12.5. The second-order valence-electron chi connectivity index (χ2n) is 8.31. The van der Waals surface area contributed by atoms with Crippen LogP contribution in [-0.2, 0) is 19.6 Å². The lowest BCUT2D eigenvalue weighted by Gasteiger charge is -2.26. The molecule has 0 atom stereocenters. The van der Waals surface area contributed by atoms with Gasteiger partial charge in [0.2, 0.25) is 10.0 Å². The molecular weight excluding hydrogens is 448 g/mol. The van der Waals surface area contributed by atoms with E-state index < -0.39 is 15.8 Å². The molecule has 5 rings (SSSR count). The lowest BCUT2D eigenvalue weighted by molar-refractivity contribution is -0.118. The lowest BCUT2D eigenvalue weighted by Crippen LogP contribution is -2.40. The first-order valence-electron chi connectivity index (χ1n) is 11.1. The van der Waals surface area contributed by atoms with Gasteiger partial charge in [0.25, 0.3) is 11.7 Å². The largest absolute Gasteiger partial charge is 0.484 e. The first-order valence-corrected chi connectivity index (χ1v) is 12.5. The highest BCUT2D eigenvalue weighted by molar-refractivity contribution is 7.89. The van der Waals surface area contributed by atoms with Gasteiger partial charge in [-0.2, -0.15) is 4.31 Å². The number of rotatable bonds is 6. The molecule has 1 spiro atoms. The number of hydrogen-bond acceptors (Lipinski definition) is 7. The summed E-state index contributed by atoms with van der Waals surface area (Å²) >= 11 is 0. The van der Waals surface area contributed by atoms with E-state index in [0.717, 1.165) is 25.7 Å². The molecule has 9 nitrogen and oxygen atoms in total. The minimum Gasteiger partial charge on any atom is -0.484 e. The van der Waals surface area contributed by atoms with Gasteiger partial charge in [-0.05, 0) is 49.2 Å². The Morgan fingerprint density at radius 3 is 2.42 bits per heavy atom. The van der Waals surface area contributed by atoms with Gasteiger partial charge in [-0.1, -0.05) is 0 Å². The quantitative estimate of drug-likeness (QED) is 0.687. The number of hydrogen-bond donors (Lipinski definition) is 1. The lowest BCUT2D eigenvalue weighted by atomic mass is 10.2. The van der Waals surface area contributed by atoms with Crippen LogP contribution in [0.2, 0.25) is 0 Å². The van der Waals surface area contributed by atoms with Crippen LogP contribution in [0.25, 0.3) is 0 Å². The summed E-state index contributed by atoms with van der Waals surface area (Å²) in [6.07, 6.45) is 3.89. The molecule has 1 saturated heterocycles. The van der Waals surface area contributed by atoms with Crippen LogP contribution in [0.15, 0.2) is 47.4 Å². The third kappa shape index (κ3) is 4.64. The molecule has 176 valence electrons. The predicted molar refractivity (Wildman–Crippen MR) is 119 cm³/mol. The van der Waals surface area contributed by atoms with E-state index in [4.69, 9.17) is 18.9 Å². The number of benzene rings is 2. The van der Waals surface area contributed by atoms with Gasteiger partial charge < -0.3 is 24.3 Å². The van der Waals surface area contributed by atoms with Crippen LogP contribution in [0.4, 0.5) is 5.69 Å². The van der Waals surface area contributed by atoms with E-state index >= 15 is 0 Å². The minimum atomic E-state index is -3.57. The zero-order valence-corrected chi connectivity index (χ0v) is 18.9. The Morgan fingerprint density at radius 2 is 1.70 bits per heavy atom. The third-order valence-electron chi connectivity index (χ3n) is 5.99. The number of ether oxygens (including phenoxy) is 4. The van der Waals surface area contributed by atoms with Crippen LogP contribution < -0.4 is 19.5 Å². The van der Waals surface area contributed by atoms with Gasteiger partial charge >= 0.3 is 0 Å². The van der Waals surface area contributed by atoms with Crippen molar-refractivity contribution >= 4 is 21.6 Å². The fraction of sp³-hybridized carbons (Fsp3) is 0.435. The summed E-state index contributed by atoms with van der Waals surface area (Å²) in [7, 11) is -3.57. The highest BCUT2D eigenvalue weighted by Crippen LogP contribution is 2.47. The Balaban J connectivity index is 1.15. The van der Waals surface area contributed by atoms with Crippen LogP contribution in [0, 0.1) is 0 Å². The number of carbonyl (C=O) groups is 1. The Bertz CT molecular complexity index is 1120. The molecule has 0 bridgehead atoms. The van der Waals surface area contributed by atoms with Crippen molar-refractivity contribution in [2.75, 3.05) is 38.2 Å². The van der Waals surface area contributed by atoms with E-state index in [-0.39, 0.29) is 17.4 Å². The van der Waals surface area contributed by atoms with Crippen molar-refractivity contribution in [3.05, 3.63) is 42.5 Å². The Morgan fingerprint density at radius 1 is 1.00 bits per heavy atom. The van der Waals surface area contributed by atoms with Gasteiger partial charge in [0.15, 0.2) is 18.1 Å². The van der Waals surface area contributed by atoms with Crippen molar-refractivity contribution in [1.82, 2.24) is 4.31 Å². The van der Waals surface area contributed by atoms with Gasteiger partial charge in [-0.15, -0.1) is 0 Å². The van der Waals surface area contributed by atoms with Crippen molar-refractivity contribution in [3.63, 3.8) is 0 Å². The topological polar surface area (TPSA) is 103 Å². The van der Waals surface area contributed by atoms with Gasteiger partial charge in [0, 0.05) is 37.7 Å². The summed E-state index contributed by atoms with van der Waals surface area (Å²) in [5, 5.41) is 2.79. The highest BCUT2D eigenvalue weighted by atomic mass is 32.2. The third-order valence-corrected chi connectivity index (χ3v) is 7.90. The number of nitrogens with zero attached hydrogens (tertiary/aromatic N) is 1. The van der Waals surface area contributed by atoms with E-state index in [1.165, 1.54) is 16.4 Å². The first kappa shape index (κ1) is 22.0. The van der Waals surface area contributed by atoms with Crippen LogP contribution >= 0.6 is 0 Å². The monoisotopic (exact) mass is 474 g/mol. The molecule has 0 aromatic heterocycles. The predicted octanol–water partition coefficient (Wildman–Crippen LogP) is 2.77. The van der Waals surface area contributed by atoms with E-state index in [1.807, 2.05) is 0 Å². The van der Waals surface area contributed by atoms with Crippen molar-refractivity contribution in [2.24, 2.45) is 0 Å². The molecule has 0 radical (unpaired) electrons. The highest BCUT2D eigenvalue weighted by Gasteiger charge is 2.44. The molecule has 1 aliphatic carbocycles. The molecule has 10 heteroatoms. The number of carbonyl (C=O) groups excluding carboxylic acids is 1. The minimum absolute atomic E-state index is 0.182. The standard InChI is InChI=1S/C23H26N2O7S/c26-22(24-17-3-8-20-21(15-17)32-23(31-20)9-1-2-10-23)16-30-18-4-6-19(7-5-18)33(27,28)25-11-13-29-14-12-25/h3-8,15H,1-2,9-14,16H2,(H,24,26). The van der Waals surface area contributed by atoms with Crippen LogP contribution in [0.3, 0.4) is 0 Å². The Kier molecular flexibility index (Phi) is 5.90. The van der Waals surface area contributed by atoms with Crippen molar-refractivity contribution in [2.45, 2.75) is 36.4 Å². The molecule has 2 aliphatic heterocycles. The second kappa shape index (κ2) is 8.85. The Labute approximate surface area is 192 Å². The van der Waals surface area contributed by atoms with E-state index in [0.29, 0.717) is 49.2 Å². The van der Waals surface area contributed by atoms with Gasteiger partial charge in [0.1, 0.15) is 5.75 Å². The number of anilines is 1. The molecule has 1 amide bonds. The molecule has 2 heterocycles. The Hall–Kier alpha value is -2.82. The molecule has 3 aliphatic rings. The van der Waals surface area contributed by atoms with Crippen LogP contribution in [0.1, 0.15) is 25.7 Å². The maximum absolute atomic E-state index is 12.7.